The number of aromatic nitrogens is 2. The fourth-order valence-corrected chi connectivity index (χ4v) is 1.86. The van der Waals surface area contributed by atoms with Gasteiger partial charge in [0.2, 0.25) is 0 Å². The summed E-state index contributed by atoms with van der Waals surface area (Å²) in [6.07, 6.45) is 0. The van der Waals surface area contributed by atoms with Crippen molar-refractivity contribution in [2.75, 3.05) is 33.4 Å². The Morgan fingerprint density at radius 3 is 2.82 bits per heavy atom. The minimum Gasteiger partial charge on any atom is -0.395 e. The van der Waals surface area contributed by atoms with Gasteiger partial charge in [0.05, 0.1) is 24.6 Å². The second-order valence-electron chi connectivity index (χ2n) is 4.09. The van der Waals surface area contributed by atoms with Crippen LogP contribution in [0.15, 0.2) is 6.07 Å². The Morgan fingerprint density at radius 1 is 1.47 bits per heavy atom. The second-order valence-corrected chi connectivity index (χ2v) is 4.09. The SMILES string of the molecule is CCn1nc(C)cc1CN(CCO)CCOC. The highest BCUT2D eigenvalue weighted by molar-refractivity contribution is 5.08. The van der Waals surface area contributed by atoms with Crippen molar-refractivity contribution in [3.8, 4) is 0 Å². The molecule has 98 valence electrons. The maximum Gasteiger partial charge on any atom is 0.0597 e. The summed E-state index contributed by atoms with van der Waals surface area (Å²) in [5.41, 5.74) is 2.23. The van der Waals surface area contributed by atoms with Gasteiger partial charge in [0.1, 0.15) is 0 Å². The van der Waals surface area contributed by atoms with E-state index in [1.54, 1.807) is 7.11 Å². The lowest BCUT2D eigenvalue weighted by molar-refractivity contribution is 0.125. The molecule has 0 aliphatic carbocycles. The van der Waals surface area contributed by atoms with E-state index in [1.165, 1.54) is 5.69 Å². The molecule has 1 aromatic rings. The predicted molar refractivity (Wildman–Crippen MR) is 66.9 cm³/mol. The van der Waals surface area contributed by atoms with E-state index >= 15 is 0 Å². The molecule has 0 aromatic carbocycles. The molecule has 1 rings (SSSR count). The van der Waals surface area contributed by atoms with Gasteiger partial charge in [-0.2, -0.15) is 5.10 Å². The summed E-state index contributed by atoms with van der Waals surface area (Å²) in [5.74, 6) is 0. The van der Waals surface area contributed by atoms with E-state index in [1.807, 2.05) is 11.6 Å². The van der Waals surface area contributed by atoms with Crippen molar-refractivity contribution in [3.05, 3.63) is 17.5 Å². The topological polar surface area (TPSA) is 50.5 Å². The number of hydrogen-bond donors (Lipinski definition) is 1. The number of hydrogen-bond acceptors (Lipinski definition) is 4. The fraction of sp³-hybridized carbons (Fsp3) is 0.750. The maximum absolute atomic E-state index is 9.04. The molecule has 0 atom stereocenters. The summed E-state index contributed by atoms with van der Waals surface area (Å²) in [4.78, 5) is 2.17. The molecular formula is C12H23N3O2. The lowest BCUT2D eigenvalue weighted by Gasteiger charge is -2.21. The average molecular weight is 241 g/mol. The van der Waals surface area contributed by atoms with Gasteiger partial charge in [0, 0.05) is 33.3 Å². The third kappa shape index (κ3) is 4.46. The Bertz CT molecular complexity index is 326. The Hall–Kier alpha value is -0.910. The second kappa shape index (κ2) is 7.42. The number of nitrogens with zero attached hydrogens (tertiary/aromatic N) is 3. The van der Waals surface area contributed by atoms with Gasteiger partial charge in [0.25, 0.3) is 0 Å². The number of aliphatic hydroxyl groups is 1. The molecule has 0 spiro atoms. The van der Waals surface area contributed by atoms with Gasteiger partial charge < -0.3 is 9.84 Å². The van der Waals surface area contributed by atoms with E-state index in [-0.39, 0.29) is 6.61 Å². The molecule has 0 aliphatic heterocycles. The number of rotatable bonds is 8. The monoisotopic (exact) mass is 241 g/mol. The first-order valence-electron chi connectivity index (χ1n) is 6.06. The molecule has 5 heteroatoms. The molecule has 0 radical (unpaired) electrons. The van der Waals surface area contributed by atoms with Crippen LogP contribution < -0.4 is 0 Å². The molecule has 17 heavy (non-hydrogen) atoms. The molecule has 0 amide bonds. The van der Waals surface area contributed by atoms with Gasteiger partial charge in [-0.05, 0) is 19.9 Å². The zero-order valence-corrected chi connectivity index (χ0v) is 11.0. The number of ether oxygens (including phenoxy) is 1. The van der Waals surface area contributed by atoms with Crippen molar-refractivity contribution in [3.63, 3.8) is 0 Å². The van der Waals surface area contributed by atoms with Gasteiger partial charge in [-0.25, -0.2) is 0 Å². The Morgan fingerprint density at radius 2 is 2.24 bits per heavy atom. The Balaban J connectivity index is 2.63. The molecule has 0 saturated heterocycles. The summed E-state index contributed by atoms with van der Waals surface area (Å²) in [6.45, 7) is 8.10. The van der Waals surface area contributed by atoms with Crippen LogP contribution in [0.2, 0.25) is 0 Å². The largest absolute Gasteiger partial charge is 0.395 e. The van der Waals surface area contributed by atoms with Crippen LogP contribution in [-0.4, -0.2) is 53.2 Å². The van der Waals surface area contributed by atoms with Crippen LogP contribution in [0, 0.1) is 6.92 Å². The third-order valence-corrected chi connectivity index (χ3v) is 2.70. The van der Waals surface area contributed by atoms with Gasteiger partial charge >= 0.3 is 0 Å². The lowest BCUT2D eigenvalue weighted by atomic mass is 10.3. The van der Waals surface area contributed by atoms with Crippen molar-refractivity contribution >= 4 is 0 Å². The van der Waals surface area contributed by atoms with Crippen LogP contribution in [0.25, 0.3) is 0 Å². The molecule has 5 nitrogen and oxygen atoms in total. The summed E-state index contributed by atoms with van der Waals surface area (Å²) >= 11 is 0. The van der Waals surface area contributed by atoms with E-state index < -0.39 is 0 Å². The molecule has 1 N–H and O–H groups in total. The zero-order chi connectivity index (χ0) is 12.7. The predicted octanol–water partition coefficient (Wildman–Crippen LogP) is 0.652. The van der Waals surface area contributed by atoms with Crippen molar-refractivity contribution in [1.82, 2.24) is 14.7 Å². The molecule has 0 fully saturated rings. The van der Waals surface area contributed by atoms with E-state index in [0.29, 0.717) is 13.2 Å². The van der Waals surface area contributed by atoms with Gasteiger partial charge in [0.15, 0.2) is 0 Å². The van der Waals surface area contributed by atoms with Crippen LogP contribution in [0.3, 0.4) is 0 Å². The van der Waals surface area contributed by atoms with Gasteiger partial charge in [-0.1, -0.05) is 0 Å². The lowest BCUT2D eigenvalue weighted by Crippen LogP contribution is -2.30. The van der Waals surface area contributed by atoms with E-state index in [2.05, 4.69) is 23.0 Å². The van der Waals surface area contributed by atoms with Crippen molar-refractivity contribution in [2.24, 2.45) is 0 Å². The number of aliphatic hydroxyl groups excluding tert-OH is 1. The van der Waals surface area contributed by atoms with Crippen molar-refractivity contribution in [2.45, 2.75) is 26.9 Å². The molecule has 1 heterocycles. The quantitative estimate of drug-likeness (QED) is 0.726. The molecule has 0 aliphatic rings. The summed E-state index contributed by atoms with van der Waals surface area (Å²) in [5, 5.41) is 13.5. The first-order chi connectivity index (χ1) is 8.21. The van der Waals surface area contributed by atoms with Gasteiger partial charge in [-0.3, -0.25) is 9.58 Å². The first-order valence-corrected chi connectivity index (χ1v) is 6.06. The average Bonchev–Trinajstić information content (AvgIpc) is 2.66. The zero-order valence-electron chi connectivity index (χ0n) is 11.0. The molecule has 0 bridgehead atoms. The van der Waals surface area contributed by atoms with Crippen molar-refractivity contribution in [1.29, 1.82) is 0 Å². The minimum absolute atomic E-state index is 0.170. The smallest absolute Gasteiger partial charge is 0.0597 e. The Labute approximate surface area is 103 Å². The van der Waals surface area contributed by atoms with Crippen LogP contribution in [0.1, 0.15) is 18.3 Å². The van der Waals surface area contributed by atoms with Crippen LogP contribution >= 0.6 is 0 Å². The summed E-state index contributed by atoms with van der Waals surface area (Å²) < 4.78 is 7.08. The first kappa shape index (κ1) is 14.2. The number of aryl methyl sites for hydroxylation is 2. The summed E-state index contributed by atoms with van der Waals surface area (Å²) in [7, 11) is 1.69. The molecule has 0 saturated carbocycles. The normalized spacial score (nSPS) is 11.4. The molecule has 0 unspecified atom stereocenters. The standard InChI is InChI=1S/C12H23N3O2/c1-4-15-12(9-11(2)13-15)10-14(5-7-16)6-8-17-3/h9,16H,4-8,10H2,1-3H3. The highest BCUT2D eigenvalue weighted by Crippen LogP contribution is 2.07. The molecular weight excluding hydrogens is 218 g/mol. The summed E-state index contributed by atoms with van der Waals surface area (Å²) in [6, 6.07) is 2.10. The van der Waals surface area contributed by atoms with Crippen molar-refractivity contribution < 1.29 is 9.84 Å². The van der Waals surface area contributed by atoms with Crippen LogP contribution in [-0.2, 0) is 17.8 Å². The highest BCUT2D eigenvalue weighted by Gasteiger charge is 2.10. The number of methoxy groups -OCH3 is 1. The minimum atomic E-state index is 0.170. The van der Waals surface area contributed by atoms with Crippen LogP contribution in [0.4, 0.5) is 0 Å². The van der Waals surface area contributed by atoms with E-state index in [0.717, 1.165) is 25.3 Å². The van der Waals surface area contributed by atoms with E-state index in [9.17, 15) is 0 Å². The molecule has 1 aromatic heterocycles. The third-order valence-electron chi connectivity index (χ3n) is 2.70. The van der Waals surface area contributed by atoms with Crippen LogP contribution in [0.5, 0.6) is 0 Å². The fourth-order valence-electron chi connectivity index (χ4n) is 1.86. The van der Waals surface area contributed by atoms with Gasteiger partial charge in [-0.15, -0.1) is 0 Å². The Kier molecular flexibility index (Phi) is 6.18. The highest BCUT2D eigenvalue weighted by atomic mass is 16.5. The van der Waals surface area contributed by atoms with E-state index in [4.69, 9.17) is 9.84 Å². The maximum atomic E-state index is 9.04.